The Morgan fingerprint density at radius 3 is 2.23 bits per heavy atom. The first kappa shape index (κ1) is 17.1. The standard InChI is InChI=1S/C18H19BrO2S/c1-12-8-14(15(10-19)11-20)9-13(2)18(12)22-17-6-4-16(21-3)5-7-17/h4-9,11,15H,10H2,1-3H3. The minimum absolute atomic E-state index is 0.0857. The van der Waals surface area contributed by atoms with Gasteiger partial charge in [0.05, 0.1) is 7.11 Å². The maximum absolute atomic E-state index is 11.1. The Labute approximate surface area is 144 Å². The number of carbonyl (C=O) groups is 1. The number of carbonyl (C=O) groups excluding carboxylic acids is 1. The molecular formula is C18H19BrO2S. The molecule has 2 aromatic carbocycles. The number of ether oxygens (including phenoxy) is 1. The first-order chi connectivity index (χ1) is 10.6. The van der Waals surface area contributed by atoms with Gasteiger partial charge in [0.2, 0.25) is 0 Å². The first-order valence-corrected chi connectivity index (χ1v) is 8.97. The summed E-state index contributed by atoms with van der Waals surface area (Å²) in [6.45, 7) is 4.19. The second-order valence-corrected chi connectivity index (χ2v) is 6.89. The predicted octanol–water partition coefficient (Wildman–Crippen LogP) is 5.14. The van der Waals surface area contributed by atoms with E-state index in [0.717, 1.165) is 17.6 Å². The van der Waals surface area contributed by atoms with Crippen LogP contribution in [0.1, 0.15) is 22.6 Å². The topological polar surface area (TPSA) is 26.3 Å². The summed E-state index contributed by atoms with van der Waals surface area (Å²) >= 11 is 5.14. The van der Waals surface area contributed by atoms with Crippen LogP contribution in [-0.4, -0.2) is 18.7 Å². The van der Waals surface area contributed by atoms with Crippen molar-refractivity contribution >= 4 is 34.0 Å². The van der Waals surface area contributed by atoms with E-state index in [9.17, 15) is 4.79 Å². The molecule has 1 atom stereocenters. The molecule has 0 saturated carbocycles. The number of alkyl halides is 1. The normalized spacial score (nSPS) is 12.0. The Balaban J connectivity index is 2.29. The van der Waals surface area contributed by atoms with Crippen LogP contribution in [0.2, 0.25) is 0 Å². The fourth-order valence-corrected chi connectivity index (χ4v) is 3.80. The van der Waals surface area contributed by atoms with Crippen LogP contribution >= 0.6 is 27.7 Å². The Morgan fingerprint density at radius 2 is 1.77 bits per heavy atom. The third kappa shape index (κ3) is 3.93. The van der Waals surface area contributed by atoms with E-state index in [1.807, 2.05) is 12.1 Å². The zero-order chi connectivity index (χ0) is 16.1. The third-order valence-electron chi connectivity index (χ3n) is 3.52. The molecule has 0 spiro atoms. The van der Waals surface area contributed by atoms with Gasteiger partial charge >= 0.3 is 0 Å². The first-order valence-electron chi connectivity index (χ1n) is 7.03. The molecule has 0 radical (unpaired) electrons. The highest BCUT2D eigenvalue weighted by Gasteiger charge is 2.13. The van der Waals surface area contributed by atoms with Gasteiger partial charge in [0.25, 0.3) is 0 Å². The molecule has 22 heavy (non-hydrogen) atoms. The molecule has 0 aliphatic rings. The highest BCUT2D eigenvalue weighted by Crippen LogP contribution is 2.35. The molecule has 2 nitrogen and oxygen atoms in total. The van der Waals surface area contributed by atoms with Crippen molar-refractivity contribution in [3.63, 3.8) is 0 Å². The Bertz CT molecular complexity index is 630. The average molecular weight is 379 g/mol. The maximum atomic E-state index is 11.1. The molecule has 0 amide bonds. The van der Waals surface area contributed by atoms with Crippen LogP contribution in [0.4, 0.5) is 0 Å². The van der Waals surface area contributed by atoms with Crippen LogP contribution in [0.5, 0.6) is 5.75 Å². The van der Waals surface area contributed by atoms with E-state index in [-0.39, 0.29) is 5.92 Å². The molecule has 0 N–H and O–H groups in total. The fraction of sp³-hybridized carbons (Fsp3) is 0.278. The quantitative estimate of drug-likeness (QED) is 0.514. The smallest absolute Gasteiger partial charge is 0.128 e. The minimum atomic E-state index is -0.0857. The lowest BCUT2D eigenvalue weighted by Crippen LogP contribution is -2.03. The third-order valence-corrected chi connectivity index (χ3v) is 5.57. The molecular weight excluding hydrogens is 360 g/mol. The maximum Gasteiger partial charge on any atom is 0.128 e. The molecule has 1 unspecified atom stereocenters. The predicted molar refractivity (Wildman–Crippen MR) is 95.6 cm³/mol. The van der Waals surface area contributed by atoms with Gasteiger partial charge in [0, 0.05) is 21.0 Å². The zero-order valence-electron chi connectivity index (χ0n) is 12.9. The van der Waals surface area contributed by atoms with Crippen molar-refractivity contribution in [3.8, 4) is 5.75 Å². The van der Waals surface area contributed by atoms with Gasteiger partial charge in [-0.15, -0.1) is 0 Å². The van der Waals surface area contributed by atoms with Crippen LogP contribution in [0, 0.1) is 13.8 Å². The Kier molecular flexibility index (Phi) is 6.09. The highest BCUT2D eigenvalue weighted by atomic mass is 79.9. The number of benzene rings is 2. The molecule has 4 heteroatoms. The lowest BCUT2D eigenvalue weighted by Gasteiger charge is -2.15. The van der Waals surface area contributed by atoms with Crippen molar-refractivity contribution < 1.29 is 9.53 Å². The molecule has 0 aliphatic heterocycles. The van der Waals surface area contributed by atoms with Crippen molar-refractivity contribution in [3.05, 3.63) is 53.1 Å². The summed E-state index contributed by atoms with van der Waals surface area (Å²) in [5.41, 5.74) is 3.47. The van der Waals surface area contributed by atoms with Gasteiger partial charge < -0.3 is 9.53 Å². The number of methoxy groups -OCH3 is 1. The van der Waals surface area contributed by atoms with Gasteiger partial charge in [-0.25, -0.2) is 0 Å². The summed E-state index contributed by atoms with van der Waals surface area (Å²) in [4.78, 5) is 13.6. The van der Waals surface area contributed by atoms with Gasteiger partial charge in [-0.1, -0.05) is 39.8 Å². The number of hydrogen-bond acceptors (Lipinski definition) is 3. The number of rotatable bonds is 6. The summed E-state index contributed by atoms with van der Waals surface area (Å²) in [5.74, 6) is 0.775. The van der Waals surface area contributed by atoms with Crippen molar-refractivity contribution in [2.45, 2.75) is 29.6 Å². The molecule has 0 heterocycles. The summed E-state index contributed by atoms with van der Waals surface area (Å²) in [6.07, 6.45) is 0.999. The van der Waals surface area contributed by atoms with E-state index >= 15 is 0 Å². The molecule has 0 aliphatic carbocycles. The van der Waals surface area contributed by atoms with Crippen LogP contribution in [0.25, 0.3) is 0 Å². The molecule has 2 rings (SSSR count). The largest absolute Gasteiger partial charge is 0.497 e. The minimum Gasteiger partial charge on any atom is -0.497 e. The average Bonchev–Trinajstić information content (AvgIpc) is 2.53. The Hall–Kier alpha value is -1.26. The number of aryl methyl sites for hydroxylation is 2. The summed E-state index contributed by atoms with van der Waals surface area (Å²) in [7, 11) is 1.67. The SMILES string of the molecule is COc1ccc(Sc2c(C)cc(C(C=O)CBr)cc2C)cc1. The summed E-state index contributed by atoms with van der Waals surface area (Å²) in [5, 5.41) is 0.653. The molecule has 0 fully saturated rings. The van der Waals surface area contributed by atoms with Crippen molar-refractivity contribution in [1.29, 1.82) is 0 Å². The van der Waals surface area contributed by atoms with E-state index in [1.54, 1.807) is 18.9 Å². The molecule has 2 aromatic rings. The zero-order valence-corrected chi connectivity index (χ0v) is 15.3. The van der Waals surface area contributed by atoms with E-state index in [0.29, 0.717) is 5.33 Å². The summed E-state index contributed by atoms with van der Waals surface area (Å²) in [6, 6.07) is 12.3. The van der Waals surface area contributed by atoms with Gasteiger partial charge in [0.1, 0.15) is 12.0 Å². The van der Waals surface area contributed by atoms with Gasteiger partial charge in [-0.3, -0.25) is 0 Å². The van der Waals surface area contributed by atoms with Crippen molar-refractivity contribution in [1.82, 2.24) is 0 Å². The number of aldehydes is 1. The molecule has 0 bridgehead atoms. The second-order valence-electron chi connectivity index (χ2n) is 5.16. The van der Waals surface area contributed by atoms with E-state index in [4.69, 9.17) is 4.74 Å². The fourth-order valence-electron chi connectivity index (χ4n) is 2.32. The monoisotopic (exact) mass is 378 g/mol. The molecule has 0 aromatic heterocycles. The number of halogens is 1. The van der Waals surface area contributed by atoms with Gasteiger partial charge in [0.15, 0.2) is 0 Å². The molecule has 0 saturated heterocycles. The van der Waals surface area contributed by atoms with E-state index < -0.39 is 0 Å². The van der Waals surface area contributed by atoms with E-state index in [1.165, 1.54) is 20.9 Å². The van der Waals surface area contributed by atoms with Crippen LogP contribution in [0.15, 0.2) is 46.2 Å². The van der Waals surface area contributed by atoms with E-state index in [2.05, 4.69) is 54.0 Å². The van der Waals surface area contributed by atoms with Crippen LogP contribution < -0.4 is 4.74 Å². The van der Waals surface area contributed by atoms with Gasteiger partial charge in [-0.2, -0.15) is 0 Å². The van der Waals surface area contributed by atoms with Crippen molar-refractivity contribution in [2.24, 2.45) is 0 Å². The highest BCUT2D eigenvalue weighted by molar-refractivity contribution is 9.09. The molecule has 116 valence electrons. The Morgan fingerprint density at radius 1 is 1.18 bits per heavy atom. The second kappa shape index (κ2) is 7.84. The lowest BCUT2D eigenvalue weighted by atomic mass is 9.98. The van der Waals surface area contributed by atoms with Gasteiger partial charge in [-0.05, 0) is 54.8 Å². The van der Waals surface area contributed by atoms with Crippen molar-refractivity contribution in [2.75, 3.05) is 12.4 Å². The van der Waals surface area contributed by atoms with Crippen LogP contribution in [0.3, 0.4) is 0 Å². The summed E-state index contributed by atoms with van der Waals surface area (Å²) < 4.78 is 5.19. The number of hydrogen-bond donors (Lipinski definition) is 0. The lowest BCUT2D eigenvalue weighted by molar-refractivity contribution is -0.108. The van der Waals surface area contributed by atoms with Crippen LogP contribution in [-0.2, 0) is 4.79 Å².